The number of piperazine rings is 1. The summed E-state index contributed by atoms with van der Waals surface area (Å²) in [6.07, 6.45) is 2.50. The van der Waals surface area contributed by atoms with Gasteiger partial charge in [0, 0.05) is 31.1 Å². The minimum atomic E-state index is 0.891. The van der Waals surface area contributed by atoms with E-state index in [0.29, 0.717) is 0 Å². The molecule has 1 saturated heterocycles. The highest BCUT2D eigenvalue weighted by Gasteiger charge is 2.18. The lowest BCUT2D eigenvalue weighted by Gasteiger charge is -2.36. The minimum absolute atomic E-state index is 0.891. The Morgan fingerprint density at radius 2 is 1.82 bits per heavy atom. The Morgan fingerprint density at radius 3 is 2.64 bits per heavy atom. The summed E-state index contributed by atoms with van der Waals surface area (Å²) >= 11 is 10.1. The Labute approximate surface area is 181 Å². The number of halogens is 1. The third-order valence-corrected chi connectivity index (χ3v) is 8.15. The molecule has 0 atom stereocenters. The highest BCUT2D eigenvalue weighted by molar-refractivity contribution is 7.99. The third-order valence-electron chi connectivity index (χ3n) is 5.45. The molecule has 2 aromatic carbocycles. The van der Waals surface area contributed by atoms with E-state index < -0.39 is 0 Å². The summed E-state index contributed by atoms with van der Waals surface area (Å²) in [6.45, 7) is 7.94. The highest BCUT2D eigenvalue weighted by Crippen LogP contribution is 2.32. The molecule has 0 N–H and O–H groups in total. The number of fused-ring (bicyclic) bond motifs is 1. The normalized spacial score (nSPS) is 15.4. The zero-order chi connectivity index (χ0) is 19.3. The maximum absolute atomic E-state index is 6.32. The van der Waals surface area contributed by atoms with Crippen molar-refractivity contribution >= 4 is 50.5 Å². The molecule has 0 saturated carbocycles. The summed E-state index contributed by atoms with van der Waals surface area (Å²) in [4.78, 5) is 6.43. The Morgan fingerprint density at radius 1 is 1.00 bits per heavy atom. The summed E-state index contributed by atoms with van der Waals surface area (Å²) in [5, 5.41) is 4.46. The second-order valence-electron chi connectivity index (χ2n) is 7.39. The predicted octanol–water partition coefficient (Wildman–Crippen LogP) is 6.56. The summed E-state index contributed by atoms with van der Waals surface area (Å²) in [7, 11) is 0. The van der Waals surface area contributed by atoms with Gasteiger partial charge in [0.1, 0.15) is 0 Å². The van der Waals surface area contributed by atoms with Crippen molar-refractivity contribution in [3.05, 3.63) is 58.4 Å². The van der Waals surface area contributed by atoms with E-state index in [0.717, 1.165) is 23.9 Å². The van der Waals surface area contributed by atoms with Crippen molar-refractivity contribution < 1.29 is 0 Å². The van der Waals surface area contributed by atoms with Gasteiger partial charge in [-0.2, -0.15) is 0 Å². The first kappa shape index (κ1) is 20.1. The monoisotopic (exact) mass is 430 g/mol. The van der Waals surface area contributed by atoms with Gasteiger partial charge < -0.3 is 4.90 Å². The summed E-state index contributed by atoms with van der Waals surface area (Å²) in [5.74, 6) is 1.14. The van der Waals surface area contributed by atoms with E-state index in [2.05, 4.69) is 52.4 Å². The number of thioether (sulfide) groups is 1. The topological polar surface area (TPSA) is 6.48 Å². The number of thiophene rings is 1. The highest BCUT2D eigenvalue weighted by atomic mass is 35.5. The average molecular weight is 431 g/mol. The molecule has 28 heavy (non-hydrogen) atoms. The molecular formula is C23H27ClN2S2. The fourth-order valence-corrected chi connectivity index (χ4v) is 6.23. The van der Waals surface area contributed by atoms with Gasteiger partial charge in [-0.1, -0.05) is 35.9 Å². The van der Waals surface area contributed by atoms with Crippen molar-refractivity contribution in [2.24, 2.45) is 0 Å². The van der Waals surface area contributed by atoms with E-state index in [4.69, 9.17) is 11.6 Å². The van der Waals surface area contributed by atoms with Crippen LogP contribution in [0.2, 0.25) is 5.02 Å². The Bertz CT molecular complexity index is 896. The number of aryl methyl sites for hydroxylation is 1. The molecule has 0 spiro atoms. The third kappa shape index (κ3) is 4.68. The van der Waals surface area contributed by atoms with Gasteiger partial charge in [-0.05, 0) is 66.6 Å². The van der Waals surface area contributed by atoms with Gasteiger partial charge in [-0.25, -0.2) is 0 Å². The molecule has 1 fully saturated rings. The molecule has 5 heteroatoms. The zero-order valence-electron chi connectivity index (χ0n) is 16.4. The molecule has 4 rings (SSSR count). The van der Waals surface area contributed by atoms with E-state index in [1.165, 1.54) is 58.7 Å². The van der Waals surface area contributed by atoms with Crippen LogP contribution < -0.4 is 4.90 Å². The second kappa shape index (κ2) is 9.53. The van der Waals surface area contributed by atoms with Gasteiger partial charge in [0.25, 0.3) is 0 Å². The van der Waals surface area contributed by atoms with Gasteiger partial charge in [-0.3, -0.25) is 4.90 Å². The molecular weight excluding hydrogens is 404 g/mol. The maximum Gasteiger partial charge on any atom is 0.0576 e. The van der Waals surface area contributed by atoms with Crippen LogP contribution in [0.5, 0.6) is 0 Å². The van der Waals surface area contributed by atoms with E-state index in [9.17, 15) is 0 Å². The van der Waals surface area contributed by atoms with E-state index in [1.54, 1.807) is 0 Å². The van der Waals surface area contributed by atoms with Crippen molar-refractivity contribution in [2.75, 3.05) is 43.4 Å². The molecule has 148 valence electrons. The molecule has 0 amide bonds. The molecule has 1 aromatic heterocycles. The number of anilines is 1. The predicted molar refractivity (Wildman–Crippen MR) is 127 cm³/mol. The lowest BCUT2D eigenvalue weighted by atomic mass is 10.2. The van der Waals surface area contributed by atoms with Crippen molar-refractivity contribution in [1.29, 1.82) is 0 Å². The van der Waals surface area contributed by atoms with Gasteiger partial charge >= 0.3 is 0 Å². The Hall–Kier alpha value is -1.20. The number of nitrogens with zero attached hydrogens (tertiary/aromatic N) is 2. The minimum Gasteiger partial charge on any atom is -0.368 e. The fourth-order valence-electron chi connectivity index (χ4n) is 3.85. The lowest BCUT2D eigenvalue weighted by Crippen LogP contribution is -2.46. The van der Waals surface area contributed by atoms with Gasteiger partial charge in [0.05, 0.1) is 15.4 Å². The van der Waals surface area contributed by atoms with Crippen LogP contribution in [0.3, 0.4) is 0 Å². The average Bonchev–Trinajstić information content (AvgIpc) is 3.19. The SMILES string of the molecule is Cc1cccc(Cl)c1SCCCCN1CCN(c2cccc3ccsc23)CC1. The van der Waals surface area contributed by atoms with Crippen LogP contribution >= 0.6 is 34.7 Å². The van der Waals surface area contributed by atoms with Crippen LogP contribution in [-0.4, -0.2) is 43.4 Å². The van der Waals surface area contributed by atoms with Crippen LogP contribution in [0.15, 0.2) is 52.7 Å². The molecule has 1 aliphatic heterocycles. The molecule has 2 nitrogen and oxygen atoms in total. The molecule has 0 unspecified atom stereocenters. The number of rotatable bonds is 7. The van der Waals surface area contributed by atoms with Crippen LogP contribution in [0.4, 0.5) is 5.69 Å². The first-order chi connectivity index (χ1) is 13.7. The van der Waals surface area contributed by atoms with E-state index in [1.807, 2.05) is 35.2 Å². The van der Waals surface area contributed by atoms with Crippen LogP contribution in [0.1, 0.15) is 18.4 Å². The molecule has 0 bridgehead atoms. The standard InChI is InChI=1S/C23H27ClN2S2/c1-18-6-4-8-20(24)22(18)27-16-3-2-11-25-12-14-26(15-13-25)21-9-5-7-19-10-17-28-23(19)21/h4-10,17H,2-3,11-16H2,1H3. The Kier molecular flexibility index (Phi) is 6.84. The lowest BCUT2D eigenvalue weighted by molar-refractivity contribution is 0.254. The smallest absolute Gasteiger partial charge is 0.0576 e. The molecule has 3 aromatic rings. The zero-order valence-corrected chi connectivity index (χ0v) is 18.8. The number of hydrogen-bond acceptors (Lipinski definition) is 4. The summed E-state index contributed by atoms with van der Waals surface area (Å²) in [5.41, 5.74) is 2.70. The first-order valence-electron chi connectivity index (χ1n) is 10.0. The summed E-state index contributed by atoms with van der Waals surface area (Å²) in [6, 6.07) is 15.1. The van der Waals surface area contributed by atoms with Crippen LogP contribution in [0.25, 0.3) is 10.1 Å². The largest absolute Gasteiger partial charge is 0.368 e. The maximum atomic E-state index is 6.32. The van der Waals surface area contributed by atoms with Gasteiger partial charge in [0.2, 0.25) is 0 Å². The van der Waals surface area contributed by atoms with Crippen LogP contribution in [-0.2, 0) is 0 Å². The summed E-state index contributed by atoms with van der Waals surface area (Å²) < 4.78 is 1.43. The van der Waals surface area contributed by atoms with E-state index >= 15 is 0 Å². The molecule has 2 heterocycles. The first-order valence-corrected chi connectivity index (χ1v) is 12.3. The van der Waals surface area contributed by atoms with Crippen LogP contribution in [0, 0.1) is 6.92 Å². The number of benzene rings is 2. The molecule has 0 aliphatic carbocycles. The number of hydrogen-bond donors (Lipinski definition) is 0. The quantitative estimate of drug-likeness (QED) is 0.309. The van der Waals surface area contributed by atoms with Gasteiger partial charge in [0.15, 0.2) is 0 Å². The van der Waals surface area contributed by atoms with Crippen molar-refractivity contribution in [1.82, 2.24) is 4.90 Å². The molecule has 0 radical (unpaired) electrons. The van der Waals surface area contributed by atoms with Crippen molar-refractivity contribution in [3.8, 4) is 0 Å². The van der Waals surface area contributed by atoms with Crippen molar-refractivity contribution in [3.63, 3.8) is 0 Å². The second-order valence-corrected chi connectivity index (χ2v) is 9.81. The number of unbranched alkanes of at least 4 members (excludes halogenated alkanes) is 1. The fraction of sp³-hybridized carbons (Fsp3) is 0.391. The van der Waals surface area contributed by atoms with Gasteiger partial charge in [-0.15, -0.1) is 23.1 Å². The molecule has 1 aliphatic rings. The Balaban J connectivity index is 1.20. The van der Waals surface area contributed by atoms with E-state index in [-0.39, 0.29) is 0 Å². The van der Waals surface area contributed by atoms with Crippen molar-refractivity contribution in [2.45, 2.75) is 24.7 Å².